The molecule has 7 N–H and O–H groups in total. The van der Waals surface area contributed by atoms with Crippen molar-refractivity contribution in [3.8, 4) is 34.5 Å². The lowest BCUT2D eigenvalue weighted by molar-refractivity contribution is -0.149. The summed E-state index contributed by atoms with van der Waals surface area (Å²) in [5, 5.41) is 59.7. The molecule has 0 spiro atoms. The van der Waals surface area contributed by atoms with Gasteiger partial charge in [0.05, 0.1) is 6.07 Å². The zero-order valence-electron chi connectivity index (χ0n) is 20.9. The number of ether oxygens (including phenoxy) is 4. The first kappa shape index (κ1) is 26.9. The van der Waals surface area contributed by atoms with Gasteiger partial charge in [0.25, 0.3) is 5.75 Å². The number of carbonyl (C=O) groups excluding carboxylic acids is 1. The van der Waals surface area contributed by atoms with E-state index in [4.69, 9.17) is 14.2 Å². The zero-order valence-corrected chi connectivity index (χ0v) is 20.9. The van der Waals surface area contributed by atoms with E-state index in [1.165, 1.54) is 36.4 Å². The number of phenolic OH excluding ortho intramolecular Hbond substituents is 4. The molecule has 3 aromatic rings. The van der Waals surface area contributed by atoms with Crippen molar-refractivity contribution in [2.75, 3.05) is 6.61 Å². The van der Waals surface area contributed by atoms with Crippen LogP contribution in [-0.4, -0.2) is 72.6 Å². The molecule has 1 saturated heterocycles. The number of carbonyl (C=O) groups is 1. The molecule has 5 rings (SSSR count). The molecule has 2 heterocycles. The summed E-state index contributed by atoms with van der Waals surface area (Å²) in [6.07, 6.45) is 0.341. The first-order valence-electron chi connectivity index (χ1n) is 12.3. The smallest absolute Gasteiger partial charge is 0.330 e. The maximum Gasteiger partial charge on any atom is 0.330 e. The van der Waals surface area contributed by atoms with E-state index < -0.39 is 30.6 Å². The standard InChI is InChI=1S/C29H26O11/c30-17-5-3-16(4-6-17)22-9-7-19-23(38-22)12-18(31)13-24(19)39-29-28(36)27(35)25(40-29)14-37-26(34)10-2-15-1-8-20(32)21(33)11-15/h1-13,22,25,27-33,35-36H,14H2/p+1/b10-2+/t22?,25-,27+,28+,29-/m1/s1. The minimum atomic E-state index is -1.48. The van der Waals surface area contributed by atoms with E-state index in [-0.39, 0.29) is 41.5 Å². The summed E-state index contributed by atoms with van der Waals surface area (Å²) in [5.74, 6) is -0.807. The molecule has 1 fully saturated rings. The second kappa shape index (κ2) is 11.2. The van der Waals surface area contributed by atoms with Crippen molar-refractivity contribution in [1.82, 2.24) is 0 Å². The van der Waals surface area contributed by atoms with Gasteiger partial charge in [-0.1, -0.05) is 6.07 Å². The Morgan fingerprint density at radius 2 is 1.70 bits per heavy atom. The first-order valence-corrected chi connectivity index (χ1v) is 12.3. The topological polar surface area (TPSA) is 179 Å². The molecule has 0 saturated carbocycles. The first-order chi connectivity index (χ1) is 19.2. The normalized spacial score (nSPS) is 23.5. The Morgan fingerprint density at radius 3 is 2.45 bits per heavy atom. The molecule has 40 heavy (non-hydrogen) atoms. The molecule has 11 heteroatoms. The second-order valence-corrected chi connectivity index (χ2v) is 9.25. The lowest BCUT2D eigenvalue weighted by Gasteiger charge is -2.23. The molecule has 3 aromatic carbocycles. The monoisotopic (exact) mass is 551 g/mol. The molecule has 0 bridgehead atoms. The molecule has 0 amide bonds. The highest BCUT2D eigenvalue weighted by atomic mass is 16.7. The summed E-state index contributed by atoms with van der Waals surface area (Å²) >= 11 is 0. The van der Waals surface area contributed by atoms with Crippen molar-refractivity contribution in [1.29, 1.82) is 0 Å². The fourth-order valence-corrected chi connectivity index (χ4v) is 4.30. The Kier molecular flexibility index (Phi) is 7.52. The fourth-order valence-electron chi connectivity index (χ4n) is 4.30. The maximum absolute atomic E-state index is 12.1. The Labute approximate surface area is 228 Å². The number of aliphatic hydroxyl groups is 3. The number of aliphatic hydroxyl groups excluding tert-OH is 2. The highest BCUT2D eigenvalue weighted by molar-refractivity contribution is 5.87. The van der Waals surface area contributed by atoms with Crippen molar-refractivity contribution < 1.29 is 54.4 Å². The van der Waals surface area contributed by atoms with Crippen LogP contribution in [0.1, 0.15) is 22.8 Å². The van der Waals surface area contributed by atoms with E-state index in [0.29, 0.717) is 16.9 Å². The minimum absolute atomic E-state index is 0.134. The van der Waals surface area contributed by atoms with Crippen LogP contribution in [0.3, 0.4) is 0 Å². The zero-order chi connectivity index (χ0) is 28.4. The predicted molar refractivity (Wildman–Crippen MR) is 141 cm³/mol. The number of hydrogen-bond acceptors (Lipinski definition) is 10. The van der Waals surface area contributed by atoms with Gasteiger partial charge in [0.15, 0.2) is 11.5 Å². The van der Waals surface area contributed by atoms with Gasteiger partial charge in [-0.15, -0.1) is 0 Å². The van der Waals surface area contributed by atoms with Gasteiger partial charge in [0, 0.05) is 23.8 Å². The largest absolute Gasteiger partial charge is 0.574 e. The number of fused-ring (bicyclic) bond motifs is 1. The molecule has 0 radical (unpaired) electrons. The van der Waals surface area contributed by atoms with Crippen LogP contribution in [0.15, 0.2) is 66.7 Å². The summed E-state index contributed by atoms with van der Waals surface area (Å²) in [5.41, 5.74) is 1.80. The summed E-state index contributed by atoms with van der Waals surface area (Å²) in [6, 6.07) is 13.4. The SMILES string of the molecule is O=C(/C=C/c1ccc(O)c(O)c1)OC[C@H]1O[C@@H](Oc2cc(O)cc3c2C=CC(c2ccc(O)cc2)[OH+]3)[C@@H](O)[C@H]1O. The van der Waals surface area contributed by atoms with Gasteiger partial charge >= 0.3 is 5.97 Å². The summed E-state index contributed by atoms with van der Waals surface area (Å²) in [7, 11) is 0. The van der Waals surface area contributed by atoms with E-state index in [1.807, 2.05) is 6.08 Å². The molecule has 0 aliphatic carbocycles. The average Bonchev–Trinajstić information content (AvgIpc) is 3.20. The maximum atomic E-state index is 12.1. The van der Waals surface area contributed by atoms with Gasteiger partial charge in [-0.05, 0) is 54.1 Å². The van der Waals surface area contributed by atoms with Crippen LogP contribution in [-0.2, 0) is 14.3 Å². The molecule has 208 valence electrons. The molecule has 2 aliphatic rings. The fraction of sp³-hybridized carbons (Fsp3) is 0.207. The van der Waals surface area contributed by atoms with E-state index >= 15 is 0 Å². The average molecular weight is 552 g/mol. The van der Waals surface area contributed by atoms with Crippen LogP contribution in [0.5, 0.6) is 34.5 Å². The Balaban J connectivity index is 1.22. The van der Waals surface area contributed by atoms with E-state index in [9.17, 15) is 35.4 Å². The van der Waals surface area contributed by atoms with Crippen molar-refractivity contribution in [3.05, 3.63) is 83.4 Å². The van der Waals surface area contributed by atoms with Gasteiger partial charge < -0.3 is 49.6 Å². The van der Waals surface area contributed by atoms with E-state index in [1.54, 1.807) is 30.3 Å². The highest BCUT2D eigenvalue weighted by Crippen LogP contribution is 2.43. The van der Waals surface area contributed by atoms with Crippen LogP contribution >= 0.6 is 0 Å². The Bertz CT molecular complexity index is 1450. The minimum Gasteiger partial charge on any atom is -0.574 e. The van der Waals surface area contributed by atoms with Crippen LogP contribution in [0.25, 0.3) is 12.2 Å². The molecular weight excluding hydrogens is 524 g/mol. The molecule has 11 nitrogen and oxygen atoms in total. The summed E-state index contributed by atoms with van der Waals surface area (Å²) < 4.78 is 21.2. The summed E-state index contributed by atoms with van der Waals surface area (Å²) in [4.78, 5) is 12.1. The van der Waals surface area contributed by atoms with Gasteiger partial charge in [-0.2, -0.15) is 0 Å². The molecular formula is C29H27O11+. The van der Waals surface area contributed by atoms with E-state index in [0.717, 1.165) is 11.6 Å². The van der Waals surface area contributed by atoms with Gasteiger partial charge in [-0.3, -0.25) is 0 Å². The number of rotatable bonds is 7. The Morgan fingerprint density at radius 1 is 0.925 bits per heavy atom. The number of aromatic hydroxyl groups is 5. The highest BCUT2D eigenvalue weighted by Gasteiger charge is 2.45. The van der Waals surface area contributed by atoms with Crippen molar-refractivity contribution in [2.24, 2.45) is 0 Å². The second-order valence-electron chi connectivity index (χ2n) is 9.25. The third-order valence-corrected chi connectivity index (χ3v) is 6.43. The van der Waals surface area contributed by atoms with Gasteiger partial charge in [-0.25, -0.2) is 4.79 Å². The van der Waals surface area contributed by atoms with Crippen molar-refractivity contribution in [2.45, 2.75) is 30.7 Å². The lowest BCUT2D eigenvalue weighted by atomic mass is 10.0. The van der Waals surface area contributed by atoms with Crippen LogP contribution in [0.4, 0.5) is 0 Å². The predicted octanol–water partition coefficient (Wildman–Crippen LogP) is 2.60. The number of benzene rings is 3. The van der Waals surface area contributed by atoms with Gasteiger partial charge in [0.1, 0.15) is 47.7 Å². The van der Waals surface area contributed by atoms with Crippen LogP contribution < -0.4 is 4.74 Å². The third-order valence-electron chi connectivity index (χ3n) is 6.43. The molecule has 0 aromatic heterocycles. The van der Waals surface area contributed by atoms with Gasteiger partial charge in [0.2, 0.25) is 12.4 Å². The quantitative estimate of drug-likeness (QED) is 0.111. The molecule has 1 unspecified atom stereocenters. The lowest BCUT2D eigenvalue weighted by Crippen LogP contribution is -2.36. The van der Waals surface area contributed by atoms with Crippen molar-refractivity contribution >= 4 is 18.1 Å². The molecule has 5 atom stereocenters. The number of hydrogen-bond donors (Lipinski definition) is 6. The van der Waals surface area contributed by atoms with Crippen LogP contribution in [0.2, 0.25) is 0 Å². The van der Waals surface area contributed by atoms with Crippen molar-refractivity contribution in [3.63, 3.8) is 0 Å². The van der Waals surface area contributed by atoms with E-state index in [2.05, 4.69) is 4.74 Å². The van der Waals surface area contributed by atoms with Crippen LogP contribution in [0, 0.1) is 0 Å². The third kappa shape index (κ3) is 5.81. The number of esters is 1. The Hall–Kier alpha value is -4.71. The molecule has 2 aliphatic heterocycles. The number of phenols is 4. The summed E-state index contributed by atoms with van der Waals surface area (Å²) in [6.45, 7) is -0.385.